The minimum atomic E-state index is -0.330. The van der Waals surface area contributed by atoms with Gasteiger partial charge in [-0.2, -0.15) is 0 Å². The van der Waals surface area contributed by atoms with E-state index in [-0.39, 0.29) is 17.6 Å². The SMILES string of the molecule is COc1ccc([C@H](C)NC(=O)c2nnn(-c3ccccc3C)c2-c2ccncc2)cc1OC. The second-order valence-electron chi connectivity index (χ2n) is 7.53. The molecule has 8 nitrogen and oxygen atoms in total. The summed E-state index contributed by atoms with van der Waals surface area (Å²) in [6.45, 7) is 3.89. The lowest BCUT2D eigenvalue weighted by molar-refractivity contribution is 0.0935. The zero-order valence-corrected chi connectivity index (χ0v) is 18.9. The second kappa shape index (κ2) is 9.52. The number of carbonyl (C=O) groups excluding carboxylic acids is 1. The molecular formula is C25H25N5O3. The van der Waals surface area contributed by atoms with Gasteiger partial charge in [-0.15, -0.1) is 5.10 Å². The fourth-order valence-corrected chi connectivity index (χ4v) is 3.64. The Hall–Kier alpha value is -4.20. The zero-order chi connectivity index (χ0) is 23.4. The Labute approximate surface area is 192 Å². The van der Waals surface area contributed by atoms with E-state index in [0.717, 1.165) is 22.4 Å². The maximum absolute atomic E-state index is 13.3. The van der Waals surface area contributed by atoms with Crippen LogP contribution in [0.25, 0.3) is 16.9 Å². The van der Waals surface area contributed by atoms with Crippen molar-refractivity contribution in [2.45, 2.75) is 19.9 Å². The molecule has 0 aliphatic heterocycles. The van der Waals surface area contributed by atoms with Crippen molar-refractivity contribution >= 4 is 5.91 Å². The number of benzene rings is 2. The van der Waals surface area contributed by atoms with E-state index in [9.17, 15) is 4.79 Å². The average molecular weight is 444 g/mol. The molecule has 0 saturated heterocycles. The predicted molar refractivity (Wildman–Crippen MR) is 125 cm³/mol. The van der Waals surface area contributed by atoms with E-state index < -0.39 is 0 Å². The lowest BCUT2D eigenvalue weighted by Gasteiger charge is -2.16. The van der Waals surface area contributed by atoms with Crippen molar-refractivity contribution in [1.82, 2.24) is 25.3 Å². The molecule has 1 atom stereocenters. The van der Waals surface area contributed by atoms with Crippen molar-refractivity contribution < 1.29 is 14.3 Å². The van der Waals surface area contributed by atoms with Crippen LogP contribution in [-0.4, -0.2) is 40.1 Å². The molecular weight excluding hydrogens is 418 g/mol. The molecule has 0 saturated carbocycles. The highest BCUT2D eigenvalue weighted by Crippen LogP contribution is 2.31. The van der Waals surface area contributed by atoms with Gasteiger partial charge in [0.25, 0.3) is 5.91 Å². The van der Waals surface area contributed by atoms with Crippen molar-refractivity contribution in [3.05, 3.63) is 83.8 Å². The standard InChI is InChI=1S/C25H25N5O3/c1-16-7-5-6-8-20(16)30-24(18-11-13-26-14-12-18)23(28-29-30)25(31)27-17(2)19-9-10-21(32-3)22(15-19)33-4/h5-15,17H,1-4H3,(H,27,31)/t17-/m0/s1. The van der Waals surface area contributed by atoms with Crippen molar-refractivity contribution in [1.29, 1.82) is 0 Å². The molecule has 4 aromatic rings. The van der Waals surface area contributed by atoms with Crippen LogP contribution in [0.3, 0.4) is 0 Å². The number of methoxy groups -OCH3 is 2. The number of nitrogens with one attached hydrogen (secondary N) is 1. The minimum absolute atomic E-state index is 0.233. The van der Waals surface area contributed by atoms with Gasteiger partial charge in [0.1, 0.15) is 5.69 Å². The highest BCUT2D eigenvalue weighted by Gasteiger charge is 2.24. The fourth-order valence-electron chi connectivity index (χ4n) is 3.64. The Morgan fingerprint density at radius 3 is 2.42 bits per heavy atom. The summed E-state index contributed by atoms with van der Waals surface area (Å²) in [5.41, 5.74) is 4.37. The Kier molecular flexibility index (Phi) is 6.35. The normalized spacial score (nSPS) is 11.6. The van der Waals surface area contributed by atoms with Crippen molar-refractivity contribution in [3.63, 3.8) is 0 Å². The summed E-state index contributed by atoms with van der Waals surface area (Å²) >= 11 is 0. The summed E-state index contributed by atoms with van der Waals surface area (Å²) in [5.74, 6) is 0.893. The van der Waals surface area contributed by atoms with Gasteiger partial charge < -0.3 is 14.8 Å². The van der Waals surface area contributed by atoms with Gasteiger partial charge in [0.05, 0.1) is 25.9 Å². The van der Waals surface area contributed by atoms with E-state index in [4.69, 9.17) is 9.47 Å². The van der Waals surface area contributed by atoms with Crippen LogP contribution in [0.15, 0.2) is 67.0 Å². The molecule has 0 spiro atoms. The number of para-hydroxylation sites is 1. The van der Waals surface area contributed by atoms with Crippen LogP contribution < -0.4 is 14.8 Å². The summed E-state index contributed by atoms with van der Waals surface area (Å²) in [7, 11) is 3.16. The molecule has 0 fully saturated rings. The van der Waals surface area contributed by atoms with Crippen LogP contribution in [-0.2, 0) is 0 Å². The predicted octanol–water partition coefficient (Wildman–Crippen LogP) is 4.15. The van der Waals surface area contributed by atoms with Crippen LogP contribution in [0.2, 0.25) is 0 Å². The minimum Gasteiger partial charge on any atom is -0.493 e. The Morgan fingerprint density at radius 1 is 1.00 bits per heavy atom. The van der Waals surface area contributed by atoms with E-state index in [2.05, 4.69) is 20.6 Å². The highest BCUT2D eigenvalue weighted by molar-refractivity contribution is 5.98. The molecule has 0 aliphatic rings. The first-order chi connectivity index (χ1) is 16.0. The van der Waals surface area contributed by atoms with E-state index >= 15 is 0 Å². The Morgan fingerprint density at radius 2 is 1.73 bits per heavy atom. The lowest BCUT2D eigenvalue weighted by atomic mass is 10.1. The number of rotatable bonds is 7. The number of aryl methyl sites for hydroxylation is 1. The quantitative estimate of drug-likeness (QED) is 0.462. The van der Waals surface area contributed by atoms with Crippen LogP contribution >= 0.6 is 0 Å². The summed E-state index contributed by atoms with van der Waals surface area (Å²) < 4.78 is 12.4. The smallest absolute Gasteiger partial charge is 0.274 e. The maximum Gasteiger partial charge on any atom is 0.274 e. The molecule has 1 amide bonds. The number of amides is 1. The molecule has 2 aromatic carbocycles. The number of ether oxygens (including phenoxy) is 2. The van der Waals surface area contributed by atoms with Gasteiger partial charge in [-0.05, 0) is 55.3 Å². The van der Waals surface area contributed by atoms with Gasteiger partial charge in [-0.1, -0.05) is 29.5 Å². The number of hydrogen-bond acceptors (Lipinski definition) is 6. The molecule has 2 heterocycles. The molecule has 8 heteroatoms. The Bertz CT molecular complexity index is 1270. The van der Waals surface area contributed by atoms with Crippen molar-refractivity contribution in [2.75, 3.05) is 14.2 Å². The molecule has 0 radical (unpaired) electrons. The number of aromatic nitrogens is 4. The van der Waals surface area contributed by atoms with Crippen molar-refractivity contribution in [3.8, 4) is 28.4 Å². The molecule has 0 bridgehead atoms. The lowest BCUT2D eigenvalue weighted by Crippen LogP contribution is -2.27. The van der Waals surface area contributed by atoms with Crippen LogP contribution in [0.4, 0.5) is 0 Å². The summed E-state index contributed by atoms with van der Waals surface area (Å²) in [6, 6.07) is 16.7. The third kappa shape index (κ3) is 4.41. The third-order valence-electron chi connectivity index (χ3n) is 5.44. The van der Waals surface area contributed by atoms with Gasteiger partial charge in [0.2, 0.25) is 0 Å². The largest absolute Gasteiger partial charge is 0.493 e. The first-order valence-corrected chi connectivity index (χ1v) is 10.5. The van der Waals surface area contributed by atoms with Crippen LogP contribution in [0, 0.1) is 6.92 Å². The molecule has 0 unspecified atom stereocenters. The molecule has 168 valence electrons. The van der Waals surface area contributed by atoms with E-state index in [1.165, 1.54) is 0 Å². The van der Waals surface area contributed by atoms with E-state index in [1.807, 2.05) is 68.4 Å². The van der Waals surface area contributed by atoms with Gasteiger partial charge in [0, 0.05) is 18.0 Å². The van der Waals surface area contributed by atoms with Gasteiger partial charge in [0.15, 0.2) is 17.2 Å². The maximum atomic E-state index is 13.3. The first kappa shape index (κ1) is 22.0. The topological polar surface area (TPSA) is 91.2 Å². The van der Waals surface area contributed by atoms with Gasteiger partial charge >= 0.3 is 0 Å². The number of pyridine rings is 1. The Balaban J connectivity index is 1.70. The average Bonchev–Trinajstić information content (AvgIpc) is 3.29. The monoisotopic (exact) mass is 443 g/mol. The molecule has 4 rings (SSSR count). The molecule has 33 heavy (non-hydrogen) atoms. The summed E-state index contributed by atoms with van der Waals surface area (Å²) in [6.07, 6.45) is 3.36. The molecule has 2 aromatic heterocycles. The first-order valence-electron chi connectivity index (χ1n) is 10.5. The van der Waals surface area contributed by atoms with E-state index in [1.54, 1.807) is 31.3 Å². The number of hydrogen-bond donors (Lipinski definition) is 1. The zero-order valence-electron chi connectivity index (χ0n) is 18.9. The highest BCUT2D eigenvalue weighted by atomic mass is 16.5. The van der Waals surface area contributed by atoms with Gasteiger partial charge in [-0.25, -0.2) is 4.68 Å². The van der Waals surface area contributed by atoms with Gasteiger partial charge in [-0.3, -0.25) is 9.78 Å². The summed E-state index contributed by atoms with van der Waals surface area (Å²) in [4.78, 5) is 17.4. The fraction of sp³-hybridized carbons (Fsp3) is 0.200. The second-order valence-corrected chi connectivity index (χ2v) is 7.53. The summed E-state index contributed by atoms with van der Waals surface area (Å²) in [5, 5.41) is 11.6. The van der Waals surface area contributed by atoms with Crippen LogP contribution in [0.1, 0.15) is 34.6 Å². The molecule has 0 aliphatic carbocycles. The van der Waals surface area contributed by atoms with Crippen molar-refractivity contribution in [2.24, 2.45) is 0 Å². The van der Waals surface area contributed by atoms with Crippen LogP contribution in [0.5, 0.6) is 11.5 Å². The molecule has 1 N–H and O–H groups in total. The number of nitrogens with zero attached hydrogens (tertiary/aromatic N) is 4. The third-order valence-corrected chi connectivity index (χ3v) is 5.44. The number of carbonyl (C=O) groups is 1. The van der Waals surface area contributed by atoms with E-state index in [0.29, 0.717) is 17.2 Å².